The van der Waals surface area contributed by atoms with Gasteiger partial charge in [-0.05, 0) is 37.0 Å². The molecule has 1 N–H and O–H groups in total. The minimum atomic E-state index is 0.484. The fourth-order valence-corrected chi connectivity index (χ4v) is 2.24. The van der Waals surface area contributed by atoms with Gasteiger partial charge in [-0.1, -0.05) is 20.8 Å². The van der Waals surface area contributed by atoms with E-state index in [4.69, 9.17) is 4.84 Å². The third kappa shape index (κ3) is 3.28. The van der Waals surface area contributed by atoms with E-state index in [1.54, 1.807) is 7.11 Å². The van der Waals surface area contributed by atoms with Gasteiger partial charge in [0, 0.05) is 6.04 Å². The van der Waals surface area contributed by atoms with Crippen LogP contribution in [-0.2, 0) is 4.84 Å². The van der Waals surface area contributed by atoms with Gasteiger partial charge in [0.1, 0.15) is 0 Å². The van der Waals surface area contributed by atoms with E-state index in [0.29, 0.717) is 11.5 Å². The first-order valence-corrected chi connectivity index (χ1v) is 5.32. The van der Waals surface area contributed by atoms with Crippen molar-refractivity contribution in [3.05, 3.63) is 0 Å². The molecule has 0 heterocycles. The number of hydrogen-bond donors (Lipinski definition) is 1. The lowest BCUT2D eigenvalue weighted by atomic mass is 9.71. The molecule has 1 rings (SSSR count). The average Bonchev–Trinajstić information content (AvgIpc) is 2.04. The molecule has 1 fully saturated rings. The van der Waals surface area contributed by atoms with Crippen LogP contribution < -0.4 is 5.48 Å². The first-order valence-electron chi connectivity index (χ1n) is 5.32. The lowest BCUT2D eigenvalue weighted by molar-refractivity contribution is 0.0333. The highest BCUT2D eigenvalue weighted by molar-refractivity contribution is 4.81. The van der Waals surface area contributed by atoms with Crippen LogP contribution in [0.25, 0.3) is 0 Å². The molecule has 78 valence electrons. The zero-order valence-electron chi connectivity index (χ0n) is 9.39. The van der Waals surface area contributed by atoms with Crippen LogP contribution in [0.15, 0.2) is 0 Å². The molecule has 0 saturated heterocycles. The Morgan fingerprint density at radius 2 is 1.62 bits per heavy atom. The highest BCUT2D eigenvalue weighted by Gasteiger charge is 2.29. The molecule has 0 aromatic carbocycles. The lowest BCUT2D eigenvalue weighted by Gasteiger charge is -2.36. The Morgan fingerprint density at radius 1 is 1.08 bits per heavy atom. The Morgan fingerprint density at radius 3 is 2.00 bits per heavy atom. The third-order valence-corrected chi connectivity index (χ3v) is 3.24. The van der Waals surface area contributed by atoms with Gasteiger partial charge in [0.15, 0.2) is 0 Å². The van der Waals surface area contributed by atoms with Gasteiger partial charge < -0.3 is 4.84 Å². The summed E-state index contributed by atoms with van der Waals surface area (Å²) in [6.45, 7) is 7.05. The molecule has 0 aromatic rings. The Kier molecular flexibility index (Phi) is 3.74. The van der Waals surface area contributed by atoms with Crippen LogP contribution in [0, 0.1) is 11.3 Å². The standard InChI is InChI=1S/C11H23NO/c1-11(2,3)9-5-7-10(8-6-9)12-13-4/h9-10,12H,5-8H2,1-4H3. The summed E-state index contributed by atoms with van der Waals surface area (Å²) in [5, 5.41) is 0. The second-order valence-corrected chi connectivity index (χ2v) is 5.24. The summed E-state index contributed by atoms with van der Waals surface area (Å²) in [7, 11) is 1.70. The second kappa shape index (κ2) is 4.43. The average molecular weight is 185 g/mol. The zero-order chi connectivity index (χ0) is 9.90. The maximum absolute atomic E-state index is 4.95. The van der Waals surface area contributed by atoms with Gasteiger partial charge in [-0.3, -0.25) is 0 Å². The fraction of sp³-hybridized carbons (Fsp3) is 1.00. The van der Waals surface area contributed by atoms with Crippen LogP contribution in [0.3, 0.4) is 0 Å². The molecule has 13 heavy (non-hydrogen) atoms. The van der Waals surface area contributed by atoms with Crippen LogP contribution in [-0.4, -0.2) is 13.2 Å². The van der Waals surface area contributed by atoms with Crippen LogP contribution >= 0.6 is 0 Å². The van der Waals surface area contributed by atoms with Crippen LogP contribution in [0.1, 0.15) is 46.5 Å². The first kappa shape index (κ1) is 11.0. The highest BCUT2D eigenvalue weighted by atomic mass is 16.6. The van der Waals surface area contributed by atoms with E-state index >= 15 is 0 Å². The fourth-order valence-electron chi connectivity index (χ4n) is 2.24. The molecule has 0 radical (unpaired) electrons. The first-order chi connectivity index (χ1) is 6.04. The molecule has 1 aliphatic rings. The van der Waals surface area contributed by atoms with Gasteiger partial charge in [-0.2, -0.15) is 5.48 Å². The van der Waals surface area contributed by atoms with Gasteiger partial charge in [0.25, 0.3) is 0 Å². The number of nitrogens with one attached hydrogen (secondary N) is 1. The van der Waals surface area contributed by atoms with Crippen LogP contribution in [0.4, 0.5) is 0 Å². The normalized spacial score (nSPS) is 30.5. The summed E-state index contributed by atoms with van der Waals surface area (Å²) in [5.41, 5.74) is 3.54. The SMILES string of the molecule is CONC1CCC(C(C)(C)C)CC1. The molecule has 0 amide bonds. The maximum atomic E-state index is 4.95. The second-order valence-electron chi connectivity index (χ2n) is 5.24. The molecule has 0 aromatic heterocycles. The topological polar surface area (TPSA) is 21.3 Å². The summed E-state index contributed by atoms with van der Waals surface area (Å²) in [6, 6.07) is 0.587. The minimum absolute atomic E-state index is 0.484. The quantitative estimate of drug-likeness (QED) is 0.668. The van der Waals surface area contributed by atoms with E-state index in [0.717, 1.165) is 5.92 Å². The van der Waals surface area contributed by atoms with Crippen LogP contribution in [0.2, 0.25) is 0 Å². The Bertz CT molecular complexity index is 143. The van der Waals surface area contributed by atoms with Gasteiger partial charge in [0.2, 0.25) is 0 Å². The van der Waals surface area contributed by atoms with E-state index in [-0.39, 0.29) is 0 Å². The molecule has 0 aliphatic heterocycles. The smallest absolute Gasteiger partial charge is 0.0572 e. The minimum Gasteiger partial charge on any atom is -0.305 e. The molecule has 2 nitrogen and oxygen atoms in total. The van der Waals surface area contributed by atoms with Gasteiger partial charge in [-0.15, -0.1) is 0 Å². The van der Waals surface area contributed by atoms with Crippen molar-refractivity contribution in [3.63, 3.8) is 0 Å². The van der Waals surface area contributed by atoms with Crippen LogP contribution in [0.5, 0.6) is 0 Å². The van der Waals surface area contributed by atoms with E-state index in [9.17, 15) is 0 Å². The molecule has 1 aliphatic carbocycles. The summed E-state index contributed by atoms with van der Waals surface area (Å²) in [5.74, 6) is 0.891. The summed E-state index contributed by atoms with van der Waals surface area (Å²) in [6.07, 6.45) is 5.20. The van der Waals surface area contributed by atoms with Crippen molar-refractivity contribution in [1.82, 2.24) is 5.48 Å². The summed E-state index contributed by atoms with van der Waals surface area (Å²) in [4.78, 5) is 4.95. The van der Waals surface area contributed by atoms with E-state index in [1.165, 1.54) is 25.7 Å². The largest absolute Gasteiger partial charge is 0.305 e. The molecule has 0 atom stereocenters. The van der Waals surface area contributed by atoms with E-state index in [1.807, 2.05) is 0 Å². The highest BCUT2D eigenvalue weighted by Crippen LogP contribution is 2.37. The van der Waals surface area contributed by atoms with Crippen molar-refractivity contribution in [2.24, 2.45) is 11.3 Å². The van der Waals surface area contributed by atoms with Gasteiger partial charge in [0.05, 0.1) is 7.11 Å². The maximum Gasteiger partial charge on any atom is 0.0572 e. The number of hydroxylamine groups is 1. The predicted octanol–water partition coefficient (Wildman–Crippen LogP) is 2.74. The Hall–Kier alpha value is -0.0800. The summed E-state index contributed by atoms with van der Waals surface area (Å²) >= 11 is 0. The molecule has 0 unspecified atom stereocenters. The molecular weight excluding hydrogens is 162 g/mol. The number of hydrogen-bond acceptors (Lipinski definition) is 2. The monoisotopic (exact) mass is 185 g/mol. The number of rotatable bonds is 2. The van der Waals surface area contributed by atoms with Crippen molar-refractivity contribution in [3.8, 4) is 0 Å². The Labute approximate surface area is 82.0 Å². The van der Waals surface area contributed by atoms with Gasteiger partial charge >= 0.3 is 0 Å². The molecule has 0 spiro atoms. The van der Waals surface area contributed by atoms with E-state index in [2.05, 4.69) is 26.3 Å². The molecule has 1 saturated carbocycles. The van der Waals surface area contributed by atoms with Crippen molar-refractivity contribution in [2.75, 3.05) is 7.11 Å². The molecule has 2 heteroatoms. The lowest BCUT2D eigenvalue weighted by Crippen LogP contribution is -2.35. The summed E-state index contributed by atoms with van der Waals surface area (Å²) < 4.78 is 0. The van der Waals surface area contributed by atoms with Crippen molar-refractivity contribution in [1.29, 1.82) is 0 Å². The van der Waals surface area contributed by atoms with Crippen molar-refractivity contribution in [2.45, 2.75) is 52.5 Å². The van der Waals surface area contributed by atoms with Crippen molar-refractivity contribution >= 4 is 0 Å². The molecular formula is C11H23NO. The Balaban J connectivity index is 2.30. The third-order valence-electron chi connectivity index (χ3n) is 3.24. The molecule has 0 bridgehead atoms. The van der Waals surface area contributed by atoms with E-state index < -0.39 is 0 Å². The van der Waals surface area contributed by atoms with Gasteiger partial charge in [-0.25, -0.2) is 0 Å². The van der Waals surface area contributed by atoms with Crippen molar-refractivity contribution < 1.29 is 4.84 Å². The predicted molar refractivity (Wildman–Crippen MR) is 55.3 cm³/mol. The zero-order valence-corrected chi connectivity index (χ0v) is 9.39.